The van der Waals surface area contributed by atoms with E-state index in [1.54, 1.807) is 14.2 Å². The van der Waals surface area contributed by atoms with Gasteiger partial charge in [0.1, 0.15) is 11.5 Å². The van der Waals surface area contributed by atoms with Crippen molar-refractivity contribution in [1.82, 2.24) is 20.1 Å². The van der Waals surface area contributed by atoms with Crippen molar-refractivity contribution in [2.24, 2.45) is 4.99 Å². The fourth-order valence-corrected chi connectivity index (χ4v) is 3.56. The van der Waals surface area contributed by atoms with Gasteiger partial charge in [0.2, 0.25) is 0 Å². The fourth-order valence-electron chi connectivity index (χ4n) is 3.56. The maximum absolute atomic E-state index is 5.52. The zero-order valence-electron chi connectivity index (χ0n) is 18.2. The average Bonchev–Trinajstić information content (AvgIpc) is 2.75. The average molecular weight is 525 g/mol. The van der Waals surface area contributed by atoms with E-state index in [1.165, 1.54) is 0 Å². The summed E-state index contributed by atoms with van der Waals surface area (Å²) in [7, 11) is 5.23. The zero-order chi connectivity index (χ0) is 20.6. The number of hydrogen-bond acceptors (Lipinski definition) is 5. The summed E-state index contributed by atoms with van der Waals surface area (Å²) in [6.07, 6.45) is 0. The molecule has 1 saturated heterocycles. The molecule has 1 aromatic carbocycles. The highest BCUT2D eigenvalue weighted by Crippen LogP contribution is 2.25. The van der Waals surface area contributed by atoms with Crippen LogP contribution in [0.1, 0.15) is 17.0 Å². The summed E-state index contributed by atoms with van der Waals surface area (Å²) >= 11 is 0. The van der Waals surface area contributed by atoms with E-state index >= 15 is 0 Å². The van der Waals surface area contributed by atoms with E-state index in [2.05, 4.69) is 31.2 Å². The summed E-state index contributed by atoms with van der Waals surface area (Å²) in [6.45, 7) is 7.30. The predicted octanol–water partition coefficient (Wildman–Crippen LogP) is 2.92. The molecule has 1 N–H and O–H groups in total. The number of nitrogens with one attached hydrogen (secondary N) is 1. The first-order valence-electron chi connectivity index (χ1n) is 9.94. The maximum atomic E-state index is 5.52. The highest BCUT2D eigenvalue weighted by molar-refractivity contribution is 14.0. The molecule has 8 heteroatoms. The van der Waals surface area contributed by atoms with Gasteiger partial charge in [0.15, 0.2) is 5.96 Å². The number of aromatic nitrogens is 1. The molecule has 0 atom stereocenters. The van der Waals surface area contributed by atoms with Crippen LogP contribution in [0.3, 0.4) is 0 Å². The zero-order valence-corrected chi connectivity index (χ0v) is 20.6. The third kappa shape index (κ3) is 6.46. The second-order valence-corrected chi connectivity index (χ2v) is 7.11. The maximum Gasteiger partial charge on any atom is 0.194 e. The van der Waals surface area contributed by atoms with E-state index < -0.39 is 0 Å². The molecule has 0 unspecified atom stereocenters. The van der Waals surface area contributed by atoms with Gasteiger partial charge < -0.3 is 19.7 Å². The van der Waals surface area contributed by atoms with Gasteiger partial charge in [-0.1, -0.05) is 6.07 Å². The van der Waals surface area contributed by atoms with Crippen molar-refractivity contribution in [1.29, 1.82) is 0 Å². The second-order valence-electron chi connectivity index (χ2n) is 7.11. The molecule has 1 aromatic heterocycles. The minimum atomic E-state index is 0. The Morgan fingerprint density at radius 1 is 1.10 bits per heavy atom. The van der Waals surface area contributed by atoms with Gasteiger partial charge in [-0.3, -0.25) is 14.9 Å². The van der Waals surface area contributed by atoms with E-state index in [9.17, 15) is 0 Å². The highest BCUT2D eigenvalue weighted by Gasteiger charge is 2.21. The van der Waals surface area contributed by atoms with Crippen molar-refractivity contribution >= 4 is 29.9 Å². The van der Waals surface area contributed by atoms with Crippen LogP contribution >= 0.6 is 24.0 Å². The number of guanidine groups is 1. The molecule has 0 amide bonds. The molecule has 2 aromatic rings. The summed E-state index contributed by atoms with van der Waals surface area (Å²) < 4.78 is 10.9. The predicted molar refractivity (Wildman–Crippen MR) is 131 cm³/mol. The Balaban J connectivity index is 0.00000320. The smallest absolute Gasteiger partial charge is 0.194 e. The molecule has 1 aliphatic heterocycles. The lowest BCUT2D eigenvalue weighted by molar-refractivity contribution is 0.171. The summed E-state index contributed by atoms with van der Waals surface area (Å²) in [6, 6.07) is 12.0. The number of pyridine rings is 1. The topological polar surface area (TPSA) is 62.2 Å². The molecule has 1 aliphatic rings. The molecule has 0 aliphatic carbocycles. The molecule has 0 radical (unpaired) electrons. The van der Waals surface area contributed by atoms with Crippen LogP contribution in [-0.2, 0) is 13.1 Å². The van der Waals surface area contributed by atoms with E-state index in [0.29, 0.717) is 6.54 Å². The van der Waals surface area contributed by atoms with Crippen molar-refractivity contribution in [2.75, 3.05) is 47.4 Å². The largest absolute Gasteiger partial charge is 0.497 e. The quantitative estimate of drug-likeness (QED) is 0.356. The minimum absolute atomic E-state index is 0. The van der Waals surface area contributed by atoms with Crippen molar-refractivity contribution in [3.05, 3.63) is 53.3 Å². The number of ether oxygens (including phenoxy) is 2. The van der Waals surface area contributed by atoms with E-state index in [1.807, 2.05) is 44.3 Å². The number of aliphatic imine (C=N–C) groups is 1. The lowest BCUT2D eigenvalue weighted by Crippen LogP contribution is -2.52. The summed E-state index contributed by atoms with van der Waals surface area (Å²) in [5.41, 5.74) is 3.20. The second kappa shape index (κ2) is 11.9. The lowest BCUT2D eigenvalue weighted by atomic mass is 10.1. The first kappa shape index (κ1) is 24.2. The highest BCUT2D eigenvalue weighted by atomic mass is 127. The monoisotopic (exact) mass is 525 g/mol. The van der Waals surface area contributed by atoms with Crippen molar-refractivity contribution in [3.8, 4) is 11.5 Å². The van der Waals surface area contributed by atoms with Crippen LogP contribution in [0.5, 0.6) is 11.5 Å². The normalized spacial score (nSPS) is 14.8. The summed E-state index contributed by atoms with van der Waals surface area (Å²) in [4.78, 5) is 13.7. The van der Waals surface area contributed by atoms with Gasteiger partial charge in [-0.2, -0.15) is 0 Å². The number of benzene rings is 1. The molecule has 0 spiro atoms. The van der Waals surface area contributed by atoms with Gasteiger partial charge in [-0.05, 0) is 37.3 Å². The first-order valence-corrected chi connectivity index (χ1v) is 9.94. The molecule has 164 valence electrons. The molecule has 3 rings (SSSR count). The number of rotatable bonds is 6. The molecule has 7 nitrogen and oxygen atoms in total. The van der Waals surface area contributed by atoms with Crippen LogP contribution in [0.15, 0.2) is 41.4 Å². The van der Waals surface area contributed by atoms with Gasteiger partial charge >= 0.3 is 0 Å². The first-order chi connectivity index (χ1) is 14.1. The Kier molecular flexibility index (Phi) is 9.64. The molecule has 0 saturated carbocycles. The number of piperazine rings is 1. The summed E-state index contributed by atoms with van der Waals surface area (Å²) in [5.74, 6) is 2.68. The lowest BCUT2D eigenvalue weighted by Gasteiger charge is -2.36. The molecule has 2 heterocycles. The molecular weight excluding hydrogens is 493 g/mol. The fraction of sp³-hybridized carbons (Fsp3) is 0.455. The number of hydrogen-bond donors (Lipinski definition) is 1. The number of halogens is 1. The summed E-state index contributed by atoms with van der Waals surface area (Å²) in [5, 5.41) is 3.44. The van der Waals surface area contributed by atoms with Crippen molar-refractivity contribution in [2.45, 2.75) is 20.0 Å². The van der Waals surface area contributed by atoms with Crippen LogP contribution in [-0.4, -0.2) is 68.2 Å². The van der Waals surface area contributed by atoms with Gasteiger partial charge in [0, 0.05) is 51.0 Å². The van der Waals surface area contributed by atoms with Crippen LogP contribution in [0.4, 0.5) is 0 Å². The van der Waals surface area contributed by atoms with Gasteiger partial charge in [0.25, 0.3) is 0 Å². The Labute approximate surface area is 196 Å². The Hall–Kier alpha value is -2.07. The molecule has 0 bridgehead atoms. The van der Waals surface area contributed by atoms with Crippen LogP contribution in [0.25, 0.3) is 0 Å². The van der Waals surface area contributed by atoms with E-state index in [0.717, 1.165) is 67.1 Å². The third-order valence-corrected chi connectivity index (χ3v) is 5.14. The van der Waals surface area contributed by atoms with Gasteiger partial charge in [-0.25, -0.2) is 0 Å². The number of nitrogens with zero attached hydrogens (tertiary/aromatic N) is 4. The van der Waals surface area contributed by atoms with E-state index in [4.69, 9.17) is 9.47 Å². The van der Waals surface area contributed by atoms with Crippen LogP contribution in [0, 0.1) is 6.92 Å². The van der Waals surface area contributed by atoms with Crippen LogP contribution < -0.4 is 14.8 Å². The van der Waals surface area contributed by atoms with Crippen molar-refractivity contribution < 1.29 is 9.47 Å². The van der Waals surface area contributed by atoms with Crippen molar-refractivity contribution in [3.63, 3.8) is 0 Å². The van der Waals surface area contributed by atoms with Gasteiger partial charge in [-0.15, -0.1) is 24.0 Å². The van der Waals surface area contributed by atoms with Crippen LogP contribution in [0.2, 0.25) is 0 Å². The number of aryl methyl sites for hydroxylation is 1. The molecule has 1 fully saturated rings. The van der Waals surface area contributed by atoms with Gasteiger partial charge in [0.05, 0.1) is 26.5 Å². The molecular formula is C22H32IN5O2. The minimum Gasteiger partial charge on any atom is -0.497 e. The third-order valence-electron chi connectivity index (χ3n) is 5.14. The molecule has 30 heavy (non-hydrogen) atoms. The Bertz CT molecular complexity index is 838. The Morgan fingerprint density at radius 2 is 1.87 bits per heavy atom. The number of methoxy groups -OCH3 is 2. The standard InChI is InChI=1S/C22H31N5O2.HI/c1-17-6-5-7-19(25-17)15-24-22(23-2)27-12-10-26(11-13-27)16-18-14-20(28-3)8-9-21(18)29-4;/h5-9,14H,10-13,15-16H2,1-4H3,(H,23,24);1H. The Morgan fingerprint density at radius 3 is 2.50 bits per heavy atom. The SMILES string of the molecule is CN=C(NCc1cccc(C)n1)N1CCN(Cc2cc(OC)ccc2OC)CC1.I. The van der Waals surface area contributed by atoms with E-state index in [-0.39, 0.29) is 24.0 Å².